The number of para-hydroxylation sites is 1. The molecule has 9 heteroatoms. The van der Waals surface area contributed by atoms with Gasteiger partial charge in [-0.05, 0) is 24.1 Å². The van der Waals surface area contributed by atoms with Crippen LogP contribution in [0.4, 0.5) is 5.13 Å². The van der Waals surface area contributed by atoms with Crippen molar-refractivity contribution in [3.05, 3.63) is 70.9 Å². The van der Waals surface area contributed by atoms with Crippen LogP contribution in [0.1, 0.15) is 10.6 Å². The second-order valence-electron chi connectivity index (χ2n) is 6.24. The number of nitriles is 1. The van der Waals surface area contributed by atoms with Crippen LogP contribution in [0.5, 0.6) is 0 Å². The summed E-state index contributed by atoms with van der Waals surface area (Å²) >= 11 is 4.17. The lowest BCUT2D eigenvalue weighted by atomic mass is 10.2. The molecule has 2 N–H and O–H groups in total. The van der Waals surface area contributed by atoms with Crippen molar-refractivity contribution in [1.29, 1.82) is 5.26 Å². The van der Waals surface area contributed by atoms with Crippen LogP contribution in [-0.4, -0.2) is 32.6 Å². The highest BCUT2D eigenvalue weighted by Crippen LogP contribution is 2.31. The van der Waals surface area contributed by atoms with Gasteiger partial charge in [-0.1, -0.05) is 65.6 Å². The van der Waals surface area contributed by atoms with Gasteiger partial charge < -0.3 is 10.4 Å². The van der Waals surface area contributed by atoms with Gasteiger partial charge in [0.25, 0.3) is 0 Å². The molecule has 0 bridgehead atoms. The van der Waals surface area contributed by atoms with E-state index in [1.807, 2.05) is 42.5 Å². The predicted octanol–water partition coefficient (Wildman–Crippen LogP) is 5.39. The molecule has 2 aromatic heterocycles. The van der Waals surface area contributed by atoms with Crippen molar-refractivity contribution in [3.63, 3.8) is 0 Å². The average Bonchev–Trinajstić information content (AvgIpc) is 3.40. The third-order valence-corrected chi connectivity index (χ3v) is 7.26. The highest BCUT2D eigenvalue weighted by Gasteiger charge is 2.15. The fourth-order valence-electron chi connectivity index (χ4n) is 2.72. The number of thiazole rings is 1. The zero-order valence-corrected chi connectivity index (χ0v) is 18.2. The first-order chi connectivity index (χ1) is 14.7. The third-order valence-electron chi connectivity index (χ3n) is 4.18. The van der Waals surface area contributed by atoms with Crippen molar-refractivity contribution in [1.82, 2.24) is 15.2 Å². The molecule has 0 amide bonds. The number of nitrogens with one attached hydrogen (secondary N) is 1. The first-order valence-corrected chi connectivity index (χ1v) is 11.8. The van der Waals surface area contributed by atoms with Crippen LogP contribution in [0.2, 0.25) is 0 Å². The second kappa shape index (κ2) is 9.71. The summed E-state index contributed by atoms with van der Waals surface area (Å²) in [6, 6.07) is 20.0. The van der Waals surface area contributed by atoms with E-state index in [-0.39, 0.29) is 17.1 Å². The number of hydrogen-bond acceptors (Lipinski definition) is 9. The van der Waals surface area contributed by atoms with Gasteiger partial charge >= 0.3 is 0 Å². The van der Waals surface area contributed by atoms with Crippen LogP contribution in [-0.2, 0) is 6.42 Å². The number of aliphatic hydroxyl groups is 1. The summed E-state index contributed by atoms with van der Waals surface area (Å²) in [4.78, 5) is 4.46. The fourth-order valence-corrected chi connectivity index (χ4v) is 5.35. The number of fused-ring (bicyclic) bond motifs is 1. The van der Waals surface area contributed by atoms with E-state index in [1.165, 1.54) is 40.0 Å². The van der Waals surface area contributed by atoms with Gasteiger partial charge in [-0.2, -0.15) is 5.26 Å². The van der Waals surface area contributed by atoms with E-state index < -0.39 is 0 Å². The lowest BCUT2D eigenvalue weighted by molar-refractivity contribution is 0.421. The Labute approximate surface area is 185 Å². The Kier molecular flexibility index (Phi) is 6.59. The molecule has 0 atom stereocenters. The van der Waals surface area contributed by atoms with Gasteiger partial charge in [0.15, 0.2) is 4.34 Å². The molecule has 0 fully saturated rings. The molecule has 0 saturated carbocycles. The van der Waals surface area contributed by atoms with E-state index in [0.717, 1.165) is 32.7 Å². The summed E-state index contributed by atoms with van der Waals surface area (Å²) in [6.45, 7) is 0.769. The first-order valence-electron chi connectivity index (χ1n) is 9.15. The molecule has 0 aliphatic carbocycles. The quantitative estimate of drug-likeness (QED) is 0.211. The van der Waals surface area contributed by atoms with Gasteiger partial charge in [-0.3, -0.25) is 0 Å². The Morgan fingerprint density at radius 1 is 1.07 bits per heavy atom. The number of aromatic nitrogens is 3. The molecule has 0 aliphatic rings. The lowest BCUT2D eigenvalue weighted by Gasteiger charge is -2.02. The second-order valence-corrected chi connectivity index (χ2v) is 9.48. The van der Waals surface area contributed by atoms with Crippen LogP contribution >= 0.6 is 34.4 Å². The van der Waals surface area contributed by atoms with Gasteiger partial charge in [0, 0.05) is 6.54 Å². The third kappa shape index (κ3) is 4.97. The van der Waals surface area contributed by atoms with Crippen LogP contribution < -0.4 is 5.32 Å². The zero-order chi connectivity index (χ0) is 20.8. The molecule has 4 aromatic rings. The minimum absolute atomic E-state index is 0.00431. The Bertz CT molecular complexity index is 1180. The van der Waals surface area contributed by atoms with Crippen molar-refractivity contribution in [3.8, 4) is 6.07 Å². The molecule has 4 rings (SSSR count). The molecule has 30 heavy (non-hydrogen) atoms. The topological polar surface area (TPSA) is 94.7 Å². The number of aliphatic hydroxyl groups excluding tert-OH is 1. The summed E-state index contributed by atoms with van der Waals surface area (Å²) in [5.41, 5.74) is 2.29. The van der Waals surface area contributed by atoms with Crippen molar-refractivity contribution in [2.45, 2.75) is 10.8 Å². The molecule has 0 radical (unpaired) electrons. The van der Waals surface area contributed by atoms with Gasteiger partial charge in [-0.25, -0.2) is 4.98 Å². The van der Waals surface area contributed by atoms with Crippen LogP contribution in [0.3, 0.4) is 0 Å². The van der Waals surface area contributed by atoms with E-state index in [2.05, 4.69) is 38.7 Å². The maximum Gasteiger partial charge on any atom is 0.206 e. The van der Waals surface area contributed by atoms with Gasteiger partial charge in [-0.15, -0.1) is 21.5 Å². The van der Waals surface area contributed by atoms with E-state index in [1.54, 1.807) is 0 Å². The maximum atomic E-state index is 10.5. The van der Waals surface area contributed by atoms with Gasteiger partial charge in [0.1, 0.15) is 22.4 Å². The number of allylic oxidation sites excluding steroid dienone is 1. The Morgan fingerprint density at radius 2 is 1.87 bits per heavy atom. The van der Waals surface area contributed by atoms with Crippen LogP contribution in [0.15, 0.2) is 64.7 Å². The van der Waals surface area contributed by atoms with Crippen LogP contribution in [0, 0.1) is 11.3 Å². The highest BCUT2D eigenvalue weighted by atomic mass is 32.2. The zero-order valence-electron chi connectivity index (χ0n) is 15.8. The number of benzene rings is 2. The summed E-state index contributed by atoms with van der Waals surface area (Å²) < 4.78 is 1.71. The van der Waals surface area contributed by atoms with Crippen molar-refractivity contribution >= 4 is 55.4 Å². The van der Waals surface area contributed by atoms with Gasteiger partial charge in [0.05, 0.1) is 16.0 Å². The normalized spacial score (nSPS) is 11.8. The molecule has 2 heterocycles. The van der Waals surface area contributed by atoms with Crippen LogP contribution in [0.25, 0.3) is 15.8 Å². The number of thioether (sulfide) groups is 1. The minimum atomic E-state index is -0.00431. The number of hydrogen-bond donors (Lipinski definition) is 2. The Hall–Kier alpha value is -2.93. The van der Waals surface area contributed by atoms with E-state index >= 15 is 0 Å². The van der Waals surface area contributed by atoms with E-state index in [4.69, 9.17) is 0 Å². The average molecular weight is 452 g/mol. The molecule has 2 aromatic carbocycles. The molecule has 6 nitrogen and oxygen atoms in total. The lowest BCUT2D eigenvalue weighted by Crippen LogP contribution is -2.04. The Balaban J connectivity index is 1.36. The maximum absolute atomic E-state index is 10.5. The van der Waals surface area contributed by atoms with E-state index in [9.17, 15) is 10.4 Å². The monoisotopic (exact) mass is 451 g/mol. The van der Waals surface area contributed by atoms with E-state index in [0.29, 0.717) is 5.01 Å². The summed E-state index contributed by atoms with van der Waals surface area (Å²) in [6.07, 6.45) is 0.903. The standard InChI is InChI=1S/C21H17N5OS3/c22-12-15(19-24-16-8-4-5-9-18(16)29-19)17(27)13-28-21-26-25-20(30-21)23-11-10-14-6-2-1-3-7-14/h1-9,27H,10-11,13H2,(H,23,25)/b17-15-. The molecule has 150 valence electrons. The predicted molar refractivity (Wildman–Crippen MR) is 124 cm³/mol. The molecule has 0 saturated heterocycles. The summed E-state index contributed by atoms with van der Waals surface area (Å²) in [5.74, 6) is 0.229. The highest BCUT2D eigenvalue weighted by molar-refractivity contribution is 8.01. The Morgan fingerprint density at radius 3 is 2.67 bits per heavy atom. The fraction of sp³-hybridized carbons (Fsp3) is 0.143. The van der Waals surface area contributed by atoms with Crippen molar-refractivity contribution in [2.75, 3.05) is 17.6 Å². The largest absolute Gasteiger partial charge is 0.510 e. The SMILES string of the molecule is N#C/C(=C(/O)CSc1nnc(NCCc2ccccc2)s1)c1nc2ccccc2s1. The van der Waals surface area contributed by atoms with Gasteiger partial charge in [0.2, 0.25) is 5.13 Å². The number of rotatable bonds is 8. The number of nitrogens with zero attached hydrogens (tertiary/aromatic N) is 4. The minimum Gasteiger partial charge on any atom is -0.510 e. The summed E-state index contributed by atoms with van der Waals surface area (Å²) in [5, 5.41) is 32.8. The smallest absolute Gasteiger partial charge is 0.206 e. The molecular formula is C21H17N5OS3. The molecular weight excluding hydrogens is 434 g/mol. The van der Waals surface area contributed by atoms with Crippen molar-refractivity contribution in [2.24, 2.45) is 0 Å². The molecule has 0 spiro atoms. The number of anilines is 1. The first kappa shape index (κ1) is 20.3. The molecule has 0 aliphatic heterocycles. The summed E-state index contributed by atoms with van der Waals surface area (Å²) in [7, 11) is 0. The molecule has 0 unspecified atom stereocenters. The van der Waals surface area contributed by atoms with Crippen molar-refractivity contribution < 1.29 is 5.11 Å².